The molecule has 1 fully saturated rings. The Labute approximate surface area is 184 Å². The average molecular weight is 474 g/mol. The van der Waals surface area contributed by atoms with Crippen LogP contribution < -0.4 is 5.32 Å². The second kappa shape index (κ2) is 9.13. The highest BCUT2D eigenvalue weighted by Crippen LogP contribution is 2.34. The standard InChI is InChI=1S/C22H24BrN3O2S/c1-5-26-21(28)18(12-19(27)24-17-9-7-6-8-16(17)23)29-22(26)25-20-14(3)10-13(2)11-15(20)4/h6-11,18H,5,12H2,1-4H3,(H,24,27). The van der Waals surface area contributed by atoms with E-state index in [0.29, 0.717) is 17.4 Å². The molecule has 7 heteroatoms. The number of carbonyl (C=O) groups is 2. The molecule has 2 amide bonds. The topological polar surface area (TPSA) is 61.8 Å². The zero-order valence-corrected chi connectivity index (χ0v) is 19.4. The fraction of sp³-hybridized carbons (Fsp3) is 0.318. The van der Waals surface area contributed by atoms with Crippen molar-refractivity contribution < 1.29 is 9.59 Å². The number of aliphatic imine (C=N–C) groups is 1. The van der Waals surface area contributed by atoms with E-state index in [0.717, 1.165) is 21.3 Å². The van der Waals surface area contributed by atoms with Crippen LogP contribution in [-0.4, -0.2) is 33.7 Å². The van der Waals surface area contributed by atoms with Crippen LogP contribution in [0.2, 0.25) is 0 Å². The summed E-state index contributed by atoms with van der Waals surface area (Å²) in [6.07, 6.45) is 0.103. The van der Waals surface area contributed by atoms with E-state index in [4.69, 9.17) is 4.99 Å². The predicted molar refractivity (Wildman–Crippen MR) is 124 cm³/mol. The van der Waals surface area contributed by atoms with Crippen LogP contribution in [0.15, 0.2) is 45.9 Å². The number of nitrogens with one attached hydrogen (secondary N) is 1. The molecule has 1 aliphatic heterocycles. The molecule has 0 saturated carbocycles. The van der Waals surface area contributed by atoms with Crippen molar-refractivity contribution in [3.63, 3.8) is 0 Å². The van der Waals surface area contributed by atoms with E-state index in [9.17, 15) is 9.59 Å². The van der Waals surface area contributed by atoms with Crippen molar-refractivity contribution in [2.75, 3.05) is 11.9 Å². The van der Waals surface area contributed by atoms with Gasteiger partial charge in [0.2, 0.25) is 11.8 Å². The minimum Gasteiger partial charge on any atom is -0.325 e. The maximum absolute atomic E-state index is 12.9. The van der Waals surface area contributed by atoms with Crippen LogP contribution >= 0.6 is 27.7 Å². The lowest BCUT2D eigenvalue weighted by molar-refractivity contribution is -0.128. The zero-order chi connectivity index (χ0) is 21.1. The van der Waals surface area contributed by atoms with Gasteiger partial charge in [0.15, 0.2) is 5.17 Å². The van der Waals surface area contributed by atoms with E-state index in [1.165, 1.54) is 17.3 Å². The minimum absolute atomic E-state index is 0.0686. The number of halogens is 1. The van der Waals surface area contributed by atoms with Crippen LogP contribution in [0, 0.1) is 20.8 Å². The van der Waals surface area contributed by atoms with Gasteiger partial charge >= 0.3 is 0 Å². The number of carbonyl (C=O) groups excluding carboxylic acids is 2. The molecule has 1 saturated heterocycles. The quantitative estimate of drug-likeness (QED) is 0.635. The summed E-state index contributed by atoms with van der Waals surface area (Å²) in [4.78, 5) is 31.8. The van der Waals surface area contributed by atoms with Gasteiger partial charge in [-0.2, -0.15) is 0 Å². The molecular weight excluding hydrogens is 450 g/mol. The van der Waals surface area contributed by atoms with Gasteiger partial charge in [0.05, 0.1) is 11.4 Å². The molecule has 1 atom stereocenters. The number of amidine groups is 1. The SMILES string of the molecule is CCN1C(=O)C(CC(=O)Nc2ccccc2Br)SC1=Nc1c(C)cc(C)cc1C. The van der Waals surface area contributed by atoms with Gasteiger partial charge in [0.1, 0.15) is 5.25 Å². The Hall–Kier alpha value is -2.12. The summed E-state index contributed by atoms with van der Waals surface area (Å²) in [6, 6.07) is 11.6. The summed E-state index contributed by atoms with van der Waals surface area (Å²) in [5.74, 6) is -0.260. The Morgan fingerprint density at radius 2 is 1.86 bits per heavy atom. The van der Waals surface area contributed by atoms with E-state index in [2.05, 4.69) is 40.3 Å². The van der Waals surface area contributed by atoms with Gasteiger partial charge in [0.25, 0.3) is 0 Å². The van der Waals surface area contributed by atoms with E-state index in [1.807, 2.05) is 45.0 Å². The number of para-hydroxylation sites is 1. The Bertz CT molecular complexity index is 967. The average Bonchev–Trinajstić information content (AvgIpc) is 2.94. The molecule has 1 N–H and O–H groups in total. The molecule has 0 radical (unpaired) electrons. The molecule has 1 unspecified atom stereocenters. The minimum atomic E-state index is -0.470. The maximum atomic E-state index is 12.9. The lowest BCUT2D eigenvalue weighted by Crippen LogP contribution is -2.33. The van der Waals surface area contributed by atoms with Crippen molar-refractivity contribution in [1.82, 2.24) is 4.90 Å². The van der Waals surface area contributed by atoms with Crippen LogP contribution in [0.5, 0.6) is 0 Å². The van der Waals surface area contributed by atoms with Crippen LogP contribution in [0.1, 0.15) is 30.0 Å². The molecule has 0 spiro atoms. The van der Waals surface area contributed by atoms with Gasteiger partial charge in [0, 0.05) is 17.4 Å². The first kappa shape index (κ1) is 21.6. The summed E-state index contributed by atoms with van der Waals surface area (Å²) < 4.78 is 0.807. The van der Waals surface area contributed by atoms with Gasteiger partial charge in [-0.25, -0.2) is 4.99 Å². The highest BCUT2D eigenvalue weighted by Gasteiger charge is 2.38. The zero-order valence-electron chi connectivity index (χ0n) is 17.0. The normalized spacial score (nSPS) is 17.8. The molecule has 0 aliphatic carbocycles. The monoisotopic (exact) mass is 473 g/mol. The third-order valence-electron chi connectivity index (χ3n) is 4.70. The fourth-order valence-corrected chi connectivity index (χ4v) is 4.98. The summed E-state index contributed by atoms with van der Waals surface area (Å²) in [7, 11) is 0. The van der Waals surface area contributed by atoms with E-state index in [1.54, 1.807) is 4.90 Å². The molecule has 1 aliphatic rings. The number of anilines is 1. The van der Waals surface area contributed by atoms with Crippen molar-refractivity contribution in [1.29, 1.82) is 0 Å². The molecule has 152 valence electrons. The van der Waals surface area contributed by atoms with Crippen molar-refractivity contribution in [3.05, 3.63) is 57.6 Å². The lowest BCUT2D eigenvalue weighted by Gasteiger charge is -2.14. The van der Waals surface area contributed by atoms with Gasteiger partial charge in [-0.05, 0) is 66.9 Å². The molecule has 5 nitrogen and oxygen atoms in total. The van der Waals surface area contributed by atoms with Crippen LogP contribution in [0.25, 0.3) is 0 Å². The van der Waals surface area contributed by atoms with E-state index < -0.39 is 5.25 Å². The Kier molecular flexibility index (Phi) is 6.80. The third kappa shape index (κ3) is 4.90. The first-order chi connectivity index (χ1) is 13.8. The van der Waals surface area contributed by atoms with Crippen LogP contribution in [-0.2, 0) is 9.59 Å². The maximum Gasteiger partial charge on any atom is 0.242 e. The summed E-state index contributed by atoms with van der Waals surface area (Å²) in [5, 5.41) is 3.06. The number of amides is 2. The van der Waals surface area contributed by atoms with Gasteiger partial charge in [-0.3, -0.25) is 14.5 Å². The third-order valence-corrected chi connectivity index (χ3v) is 6.56. The Morgan fingerprint density at radius 3 is 2.48 bits per heavy atom. The number of nitrogens with zero attached hydrogens (tertiary/aromatic N) is 2. The van der Waals surface area contributed by atoms with Crippen molar-refractivity contribution in [2.24, 2.45) is 4.99 Å². The molecule has 29 heavy (non-hydrogen) atoms. The fourth-order valence-electron chi connectivity index (χ4n) is 3.39. The highest BCUT2D eigenvalue weighted by atomic mass is 79.9. The number of aryl methyl sites for hydroxylation is 3. The van der Waals surface area contributed by atoms with E-state index in [-0.39, 0.29) is 18.2 Å². The number of rotatable bonds is 5. The lowest BCUT2D eigenvalue weighted by atomic mass is 10.1. The summed E-state index contributed by atoms with van der Waals surface area (Å²) in [5.41, 5.74) is 4.93. The second-order valence-corrected chi connectivity index (χ2v) is 9.09. The Morgan fingerprint density at radius 1 is 1.21 bits per heavy atom. The van der Waals surface area contributed by atoms with Gasteiger partial charge in [-0.1, -0.05) is 41.6 Å². The van der Waals surface area contributed by atoms with Crippen molar-refractivity contribution in [3.8, 4) is 0 Å². The van der Waals surface area contributed by atoms with Crippen molar-refractivity contribution >= 4 is 56.0 Å². The molecular formula is C22H24BrN3O2S. The smallest absolute Gasteiger partial charge is 0.242 e. The number of hydrogen-bond acceptors (Lipinski definition) is 4. The number of benzene rings is 2. The summed E-state index contributed by atoms with van der Waals surface area (Å²) in [6.45, 7) is 8.56. The number of thioether (sulfide) groups is 1. The first-order valence-electron chi connectivity index (χ1n) is 9.49. The van der Waals surface area contributed by atoms with Gasteiger partial charge in [-0.15, -0.1) is 0 Å². The molecule has 2 aromatic carbocycles. The molecule has 1 heterocycles. The molecule has 3 rings (SSSR count). The summed E-state index contributed by atoms with van der Waals surface area (Å²) >= 11 is 4.79. The van der Waals surface area contributed by atoms with Crippen molar-refractivity contribution in [2.45, 2.75) is 39.4 Å². The van der Waals surface area contributed by atoms with Gasteiger partial charge < -0.3 is 5.32 Å². The predicted octanol–water partition coefficient (Wildman–Crippen LogP) is 5.35. The second-order valence-electron chi connectivity index (χ2n) is 7.06. The van der Waals surface area contributed by atoms with Crippen LogP contribution in [0.4, 0.5) is 11.4 Å². The molecule has 0 aromatic heterocycles. The highest BCUT2D eigenvalue weighted by molar-refractivity contribution is 9.10. The largest absolute Gasteiger partial charge is 0.325 e. The van der Waals surface area contributed by atoms with E-state index >= 15 is 0 Å². The molecule has 0 bridgehead atoms. The Balaban J connectivity index is 1.79. The first-order valence-corrected chi connectivity index (χ1v) is 11.2. The number of hydrogen-bond donors (Lipinski definition) is 1. The molecule has 2 aromatic rings. The van der Waals surface area contributed by atoms with Crippen LogP contribution in [0.3, 0.4) is 0 Å².